The number of hydrogen-bond acceptors (Lipinski definition) is 5. The molecule has 5 rings (SSSR count). The Morgan fingerprint density at radius 2 is 1.76 bits per heavy atom. The minimum absolute atomic E-state index is 0.00541. The molecule has 42 heavy (non-hydrogen) atoms. The van der Waals surface area contributed by atoms with Gasteiger partial charge in [0.1, 0.15) is 11.7 Å². The predicted octanol–water partition coefficient (Wildman–Crippen LogP) is 2.55. The SMILES string of the molecule is CC(C)C1CC(C(=O)NC(CC2CCNC2=O)C(=O)C(=O)NCc2ccccc2)N(C(=O)c2cc3ccccc3[nH]2)C1. The third-order valence-corrected chi connectivity index (χ3v) is 8.44. The number of nitrogens with one attached hydrogen (secondary N) is 4. The number of Topliss-reactive ketones (excluding diaryl/α,β-unsaturated/α-hetero) is 1. The van der Waals surface area contributed by atoms with Crippen molar-refractivity contribution in [2.45, 2.75) is 51.7 Å². The van der Waals surface area contributed by atoms with Crippen molar-refractivity contribution in [1.82, 2.24) is 25.8 Å². The van der Waals surface area contributed by atoms with Crippen LogP contribution in [0.1, 0.15) is 49.2 Å². The zero-order valence-corrected chi connectivity index (χ0v) is 23.9. The van der Waals surface area contributed by atoms with Crippen molar-refractivity contribution < 1.29 is 24.0 Å². The van der Waals surface area contributed by atoms with E-state index in [1.807, 2.05) is 54.6 Å². The Balaban J connectivity index is 1.34. The molecule has 10 nitrogen and oxygen atoms in total. The second-order valence-corrected chi connectivity index (χ2v) is 11.6. The normalized spacial score (nSPS) is 20.9. The van der Waals surface area contributed by atoms with Crippen LogP contribution in [0.25, 0.3) is 10.9 Å². The van der Waals surface area contributed by atoms with Crippen molar-refractivity contribution in [1.29, 1.82) is 0 Å². The lowest BCUT2D eigenvalue weighted by Gasteiger charge is -2.26. The van der Waals surface area contributed by atoms with E-state index in [0.29, 0.717) is 31.6 Å². The van der Waals surface area contributed by atoms with Gasteiger partial charge in [-0.3, -0.25) is 24.0 Å². The van der Waals surface area contributed by atoms with Gasteiger partial charge < -0.3 is 25.8 Å². The van der Waals surface area contributed by atoms with E-state index in [1.54, 1.807) is 11.0 Å². The molecule has 0 spiro atoms. The van der Waals surface area contributed by atoms with E-state index in [1.165, 1.54) is 0 Å². The largest absolute Gasteiger partial charge is 0.356 e. The first-order valence-electron chi connectivity index (χ1n) is 14.5. The molecule has 220 valence electrons. The molecule has 0 bridgehead atoms. The van der Waals surface area contributed by atoms with Gasteiger partial charge in [-0.1, -0.05) is 62.4 Å². The zero-order chi connectivity index (χ0) is 29.8. The van der Waals surface area contributed by atoms with Gasteiger partial charge in [0, 0.05) is 36.5 Å². The number of carbonyl (C=O) groups is 5. The molecule has 4 unspecified atom stereocenters. The van der Waals surface area contributed by atoms with Crippen LogP contribution >= 0.6 is 0 Å². The standard InChI is InChI=1S/C32H37N5O5/c1-19(2)23-16-27(37(18-23)32(42)26-14-21-10-6-7-11-24(21)35-26)30(40)36-25(15-22-12-13-33-29(22)39)28(38)31(41)34-17-20-8-4-3-5-9-20/h3-11,14,19,22-23,25,27,35H,12-13,15-18H2,1-2H3,(H,33,39)(H,34,41)(H,36,40). The van der Waals surface area contributed by atoms with E-state index >= 15 is 0 Å². The number of para-hydroxylation sites is 1. The lowest BCUT2D eigenvalue weighted by Crippen LogP contribution is -2.54. The third-order valence-electron chi connectivity index (χ3n) is 8.44. The Morgan fingerprint density at radius 3 is 2.45 bits per heavy atom. The first kappa shape index (κ1) is 29.0. The van der Waals surface area contributed by atoms with Crippen molar-refractivity contribution in [3.63, 3.8) is 0 Å². The van der Waals surface area contributed by atoms with Crippen LogP contribution in [0.2, 0.25) is 0 Å². The maximum atomic E-state index is 13.8. The van der Waals surface area contributed by atoms with E-state index in [2.05, 4.69) is 34.8 Å². The first-order valence-corrected chi connectivity index (χ1v) is 14.5. The third kappa shape index (κ3) is 6.37. The van der Waals surface area contributed by atoms with Crippen molar-refractivity contribution in [2.75, 3.05) is 13.1 Å². The van der Waals surface area contributed by atoms with Crippen LogP contribution in [0.15, 0.2) is 60.7 Å². The summed E-state index contributed by atoms with van der Waals surface area (Å²) in [5.74, 6) is -2.85. The second kappa shape index (κ2) is 12.6. The highest BCUT2D eigenvalue weighted by molar-refractivity contribution is 6.38. The zero-order valence-electron chi connectivity index (χ0n) is 23.9. The van der Waals surface area contributed by atoms with Gasteiger partial charge >= 0.3 is 0 Å². The summed E-state index contributed by atoms with van der Waals surface area (Å²) in [6.07, 6.45) is 0.944. The quantitative estimate of drug-likeness (QED) is 0.277. The minimum atomic E-state index is -1.20. The van der Waals surface area contributed by atoms with Gasteiger partial charge in [-0.2, -0.15) is 0 Å². The number of aromatic amines is 1. The number of amides is 4. The Bertz CT molecular complexity index is 1450. The van der Waals surface area contributed by atoms with Gasteiger partial charge in [-0.15, -0.1) is 0 Å². The van der Waals surface area contributed by atoms with E-state index in [-0.39, 0.29) is 36.6 Å². The fourth-order valence-corrected chi connectivity index (χ4v) is 5.85. The van der Waals surface area contributed by atoms with Gasteiger partial charge in [0.2, 0.25) is 17.6 Å². The highest BCUT2D eigenvalue weighted by Crippen LogP contribution is 2.31. The van der Waals surface area contributed by atoms with Crippen LogP contribution in [0, 0.1) is 17.8 Å². The van der Waals surface area contributed by atoms with Gasteiger partial charge in [0.05, 0.1) is 6.04 Å². The summed E-state index contributed by atoms with van der Waals surface area (Å²) in [7, 11) is 0. The minimum Gasteiger partial charge on any atom is -0.356 e. The fraction of sp³-hybridized carbons (Fsp3) is 0.406. The molecular weight excluding hydrogens is 534 g/mol. The Hall–Kier alpha value is -4.47. The molecule has 3 aromatic rings. The number of fused-ring (bicyclic) bond motifs is 1. The first-order chi connectivity index (χ1) is 20.2. The number of aromatic nitrogens is 1. The van der Waals surface area contributed by atoms with Gasteiger partial charge in [0.25, 0.3) is 11.8 Å². The molecule has 10 heteroatoms. The lowest BCUT2D eigenvalue weighted by atomic mass is 9.92. The summed E-state index contributed by atoms with van der Waals surface area (Å²) in [5, 5.41) is 9.05. The van der Waals surface area contributed by atoms with Crippen LogP contribution in [-0.2, 0) is 25.7 Å². The molecule has 2 aliphatic rings. The fourth-order valence-electron chi connectivity index (χ4n) is 5.85. The molecule has 4 atom stereocenters. The summed E-state index contributed by atoms with van der Waals surface area (Å²) in [6, 6.07) is 16.5. The summed E-state index contributed by atoms with van der Waals surface area (Å²) >= 11 is 0. The molecule has 2 aromatic carbocycles. The number of rotatable bonds is 10. The molecule has 3 heterocycles. The van der Waals surface area contributed by atoms with Crippen LogP contribution < -0.4 is 16.0 Å². The molecule has 2 saturated heterocycles. The molecule has 2 fully saturated rings. The van der Waals surface area contributed by atoms with Crippen LogP contribution in [0.3, 0.4) is 0 Å². The second-order valence-electron chi connectivity index (χ2n) is 11.6. The Morgan fingerprint density at radius 1 is 1.02 bits per heavy atom. The van der Waals surface area contributed by atoms with Crippen LogP contribution in [0.4, 0.5) is 0 Å². The average molecular weight is 572 g/mol. The van der Waals surface area contributed by atoms with Crippen LogP contribution in [-0.4, -0.2) is 64.5 Å². The molecule has 2 aliphatic heterocycles. The van der Waals surface area contributed by atoms with Crippen LogP contribution in [0.5, 0.6) is 0 Å². The molecule has 0 aliphatic carbocycles. The summed E-state index contributed by atoms with van der Waals surface area (Å²) < 4.78 is 0. The summed E-state index contributed by atoms with van der Waals surface area (Å²) in [4.78, 5) is 70.9. The molecule has 4 amide bonds. The molecule has 0 radical (unpaired) electrons. The van der Waals surface area contributed by atoms with Crippen molar-refractivity contribution in [3.05, 3.63) is 71.9 Å². The number of nitrogens with zero attached hydrogens (tertiary/aromatic N) is 1. The molecule has 1 aromatic heterocycles. The maximum Gasteiger partial charge on any atom is 0.289 e. The Labute approximate surface area is 244 Å². The van der Waals surface area contributed by atoms with Gasteiger partial charge in [0.15, 0.2) is 0 Å². The highest BCUT2D eigenvalue weighted by Gasteiger charge is 2.43. The van der Waals surface area contributed by atoms with Gasteiger partial charge in [-0.25, -0.2) is 0 Å². The molecular formula is C32H37N5O5. The number of hydrogen-bond donors (Lipinski definition) is 4. The van der Waals surface area contributed by atoms with Crippen molar-refractivity contribution in [2.24, 2.45) is 17.8 Å². The number of H-pyrrole nitrogens is 1. The summed E-state index contributed by atoms with van der Waals surface area (Å²) in [5.41, 5.74) is 2.03. The smallest absolute Gasteiger partial charge is 0.289 e. The van der Waals surface area contributed by atoms with E-state index in [4.69, 9.17) is 0 Å². The van der Waals surface area contributed by atoms with E-state index in [0.717, 1.165) is 16.5 Å². The number of carbonyl (C=O) groups excluding carboxylic acids is 5. The topological polar surface area (TPSA) is 140 Å². The lowest BCUT2D eigenvalue weighted by molar-refractivity contribution is -0.141. The number of benzene rings is 2. The number of ketones is 1. The average Bonchev–Trinajstić information content (AvgIpc) is 3.73. The molecule has 4 N–H and O–H groups in total. The molecule has 0 saturated carbocycles. The predicted molar refractivity (Wildman–Crippen MR) is 157 cm³/mol. The highest BCUT2D eigenvalue weighted by atomic mass is 16.2. The van der Waals surface area contributed by atoms with Gasteiger partial charge in [-0.05, 0) is 48.8 Å². The maximum absolute atomic E-state index is 13.8. The summed E-state index contributed by atoms with van der Waals surface area (Å²) in [6.45, 7) is 5.13. The number of likely N-dealkylation sites (tertiary alicyclic amines) is 1. The monoisotopic (exact) mass is 571 g/mol. The van der Waals surface area contributed by atoms with E-state index in [9.17, 15) is 24.0 Å². The van der Waals surface area contributed by atoms with Crippen molar-refractivity contribution >= 4 is 40.3 Å². The van der Waals surface area contributed by atoms with Crippen molar-refractivity contribution in [3.8, 4) is 0 Å². The Kier molecular flexibility index (Phi) is 8.70. The van der Waals surface area contributed by atoms with E-state index < -0.39 is 35.6 Å².